The molecule has 3 rings (SSSR count). The Morgan fingerprint density at radius 3 is 2.23 bits per heavy atom. The number of nitrogens with zero attached hydrogens (tertiary/aromatic N) is 3. The number of primary sulfonamides is 1. The molecule has 0 aliphatic heterocycles. The van der Waals surface area contributed by atoms with E-state index < -0.39 is 15.9 Å². The van der Waals surface area contributed by atoms with Crippen LogP contribution in [0.5, 0.6) is 0 Å². The number of hydrogen-bond acceptors (Lipinski definition) is 6. The van der Waals surface area contributed by atoms with Crippen molar-refractivity contribution in [1.29, 1.82) is 0 Å². The summed E-state index contributed by atoms with van der Waals surface area (Å²) < 4.78 is 22.5. The number of hydrogen-bond donors (Lipinski definition) is 2. The van der Waals surface area contributed by atoms with Gasteiger partial charge in [0.05, 0.1) is 4.90 Å². The van der Waals surface area contributed by atoms with Crippen molar-refractivity contribution in [3.05, 3.63) is 66.0 Å². The van der Waals surface area contributed by atoms with Crippen molar-refractivity contribution in [2.75, 3.05) is 5.32 Å². The number of rotatable bonds is 4. The first-order chi connectivity index (χ1) is 12.3. The van der Waals surface area contributed by atoms with E-state index in [0.717, 1.165) is 5.56 Å². The van der Waals surface area contributed by atoms with Gasteiger partial charge in [-0.05, 0) is 31.2 Å². The van der Waals surface area contributed by atoms with E-state index in [2.05, 4.69) is 20.3 Å². The lowest BCUT2D eigenvalue weighted by Crippen LogP contribution is -2.16. The topological polar surface area (TPSA) is 128 Å². The molecule has 0 unspecified atom stereocenters. The average Bonchev–Trinajstić information content (AvgIpc) is 2.61. The number of amides is 1. The fourth-order valence-corrected chi connectivity index (χ4v) is 2.74. The third kappa shape index (κ3) is 4.08. The van der Waals surface area contributed by atoms with E-state index in [1.54, 1.807) is 6.92 Å². The zero-order chi connectivity index (χ0) is 18.7. The summed E-state index contributed by atoms with van der Waals surface area (Å²) in [6.45, 7) is 1.70. The smallest absolute Gasteiger partial charge is 0.258 e. The van der Waals surface area contributed by atoms with Gasteiger partial charge in [-0.25, -0.2) is 18.5 Å². The fourth-order valence-electron chi connectivity index (χ4n) is 2.22. The van der Waals surface area contributed by atoms with Crippen molar-refractivity contribution in [2.24, 2.45) is 5.14 Å². The molecular weight excluding hydrogens is 354 g/mol. The van der Waals surface area contributed by atoms with Crippen LogP contribution in [0.25, 0.3) is 11.4 Å². The van der Waals surface area contributed by atoms with Gasteiger partial charge in [-0.15, -0.1) is 0 Å². The summed E-state index contributed by atoms with van der Waals surface area (Å²) in [6, 6.07) is 14.6. The third-order valence-electron chi connectivity index (χ3n) is 3.45. The third-order valence-corrected chi connectivity index (χ3v) is 4.38. The molecule has 1 aromatic heterocycles. The van der Waals surface area contributed by atoms with Crippen LogP contribution in [0.4, 0.5) is 5.95 Å². The van der Waals surface area contributed by atoms with Gasteiger partial charge in [0.2, 0.25) is 16.0 Å². The first-order valence-electron chi connectivity index (χ1n) is 7.55. The van der Waals surface area contributed by atoms with E-state index in [1.165, 1.54) is 24.3 Å². The van der Waals surface area contributed by atoms with E-state index in [4.69, 9.17) is 5.14 Å². The van der Waals surface area contributed by atoms with Crippen molar-refractivity contribution in [2.45, 2.75) is 11.8 Å². The summed E-state index contributed by atoms with van der Waals surface area (Å²) in [7, 11) is -3.81. The van der Waals surface area contributed by atoms with Crippen LogP contribution in [-0.4, -0.2) is 29.3 Å². The van der Waals surface area contributed by atoms with Gasteiger partial charge in [-0.2, -0.15) is 9.97 Å². The minimum atomic E-state index is -3.81. The number of benzene rings is 2. The van der Waals surface area contributed by atoms with Crippen LogP contribution in [0.3, 0.4) is 0 Å². The van der Waals surface area contributed by atoms with E-state index in [1.807, 2.05) is 30.3 Å². The van der Waals surface area contributed by atoms with Gasteiger partial charge in [-0.3, -0.25) is 10.1 Å². The number of nitrogens with one attached hydrogen (secondary N) is 1. The van der Waals surface area contributed by atoms with E-state index in [0.29, 0.717) is 11.6 Å². The second-order valence-corrected chi connectivity index (χ2v) is 6.98. The van der Waals surface area contributed by atoms with Gasteiger partial charge in [-0.1, -0.05) is 30.3 Å². The summed E-state index contributed by atoms with van der Waals surface area (Å²) in [5, 5.41) is 7.63. The number of carbonyl (C=O) groups excluding carboxylic acids is 1. The highest BCUT2D eigenvalue weighted by molar-refractivity contribution is 7.89. The van der Waals surface area contributed by atoms with Crippen LogP contribution < -0.4 is 10.5 Å². The van der Waals surface area contributed by atoms with Crippen molar-refractivity contribution < 1.29 is 13.2 Å². The maximum Gasteiger partial charge on any atom is 0.258 e. The van der Waals surface area contributed by atoms with Crippen LogP contribution in [0.2, 0.25) is 0 Å². The highest BCUT2D eigenvalue weighted by Gasteiger charge is 2.13. The number of aryl methyl sites for hydroxylation is 1. The van der Waals surface area contributed by atoms with Crippen LogP contribution in [0, 0.1) is 6.92 Å². The molecule has 0 saturated carbocycles. The molecule has 1 amide bonds. The Morgan fingerprint density at radius 1 is 0.962 bits per heavy atom. The minimum Gasteiger partial charge on any atom is -0.290 e. The Kier molecular flexibility index (Phi) is 4.74. The first kappa shape index (κ1) is 17.6. The first-order valence-corrected chi connectivity index (χ1v) is 9.10. The van der Waals surface area contributed by atoms with Gasteiger partial charge in [0, 0.05) is 11.1 Å². The minimum absolute atomic E-state index is 0.0728. The van der Waals surface area contributed by atoms with Crippen LogP contribution in [0.1, 0.15) is 16.2 Å². The Hall–Kier alpha value is -3.17. The molecule has 26 heavy (non-hydrogen) atoms. The molecule has 0 aliphatic rings. The standard InChI is InChI=1S/C17H15N5O3S/c1-11-19-15(12-5-3-2-4-6-12)21-17(20-11)22-16(23)13-7-9-14(10-8-13)26(18,24)25/h2-10H,1H3,(H2,18,24,25)(H,19,20,21,22,23). The predicted octanol–water partition coefficient (Wildman–Crippen LogP) is 1.75. The van der Waals surface area contributed by atoms with E-state index >= 15 is 0 Å². The van der Waals surface area contributed by atoms with Gasteiger partial charge in [0.15, 0.2) is 5.82 Å². The lowest BCUT2D eigenvalue weighted by molar-refractivity contribution is 0.102. The molecule has 0 saturated heterocycles. The molecule has 0 fully saturated rings. The summed E-state index contributed by atoms with van der Waals surface area (Å²) in [5.74, 6) is 0.532. The van der Waals surface area contributed by atoms with Gasteiger partial charge in [0.25, 0.3) is 5.91 Å². The monoisotopic (exact) mass is 369 g/mol. The van der Waals surface area contributed by atoms with Crippen molar-refractivity contribution in [3.8, 4) is 11.4 Å². The lowest BCUT2D eigenvalue weighted by atomic mass is 10.2. The predicted molar refractivity (Wildman–Crippen MR) is 95.8 cm³/mol. The maximum absolute atomic E-state index is 12.3. The number of sulfonamides is 1. The highest BCUT2D eigenvalue weighted by Crippen LogP contribution is 2.16. The summed E-state index contributed by atoms with van der Waals surface area (Å²) in [6.07, 6.45) is 0. The van der Waals surface area contributed by atoms with Crippen molar-refractivity contribution in [1.82, 2.24) is 15.0 Å². The summed E-state index contributed by atoms with van der Waals surface area (Å²) >= 11 is 0. The molecule has 9 heteroatoms. The average molecular weight is 369 g/mol. The quantitative estimate of drug-likeness (QED) is 0.721. The summed E-state index contributed by atoms with van der Waals surface area (Å²) in [5.41, 5.74) is 1.04. The molecule has 0 aliphatic carbocycles. The molecule has 2 aromatic carbocycles. The number of aromatic nitrogens is 3. The SMILES string of the molecule is Cc1nc(NC(=O)c2ccc(S(N)(=O)=O)cc2)nc(-c2ccccc2)n1. The Bertz CT molecular complexity index is 1050. The highest BCUT2D eigenvalue weighted by atomic mass is 32.2. The molecular formula is C17H15N5O3S. The summed E-state index contributed by atoms with van der Waals surface area (Å²) in [4.78, 5) is 24.9. The van der Waals surface area contributed by atoms with Gasteiger partial charge in [0.1, 0.15) is 5.82 Å². The number of anilines is 1. The Morgan fingerprint density at radius 2 is 1.62 bits per heavy atom. The molecule has 0 radical (unpaired) electrons. The van der Waals surface area contributed by atoms with Gasteiger partial charge < -0.3 is 0 Å². The van der Waals surface area contributed by atoms with E-state index in [9.17, 15) is 13.2 Å². The maximum atomic E-state index is 12.3. The van der Waals surface area contributed by atoms with Crippen LogP contribution in [-0.2, 0) is 10.0 Å². The van der Waals surface area contributed by atoms with Crippen LogP contribution in [0.15, 0.2) is 59.5 Å². The van der Waals surface area contributed by atoms with Crippen LogP contribution >= 0.6 is 0 Å². The normalized spacial score (nSPS) is 11.2. The van der Waals surface area contributed by atoms with Gasteiger partial charge >= 0.3 is 0 Å². The molecule has 0 bridgehead atoms. The number of carbonyl (C=O) groups is 1. The second kappa shape index (κ2) is 6.98. The van der Waals surface area contributed by atoms with E-state index in [-0.39, 0.29) is 16.4 Å². The lowest BCUT2D eigenvalue weighted by Gasteiger charge is -2.07. The Labute approximate surface area is 150 Å². The zero-order valence-corrected chi connectivity index (χ0v) is 14.6. The Balaban J connectivity index is 1.84. The molecule has 0 atom stereocenters. The second-order valence-electron chi connectivity index (χ2n) is 5.42. The molecule has 3 aromatic rings. The molecule has 8 nitrogen and oxygen atoms in total. The molecule has 0 spiro atoms. The number of nitrogens with two attached hydrogens (primary N) is 1. The fraction of sp³-hybridized carbons (Fsp3) is 0.0588. The zero-order valence-electron chi connectivity index (χ0n) is 13.7. The van der Waals surface area contributed by atoms with Crippen molar-refractivity contribution in [3.63, 3.8) is 0 Å². The van der Waals surface area contributed by atoms with Crippen molar-refractivity contribution >= 4 is 21.9 Å². The largest absolute Gasteiger partial charge is 0.290 e. The molecule has 1 heterocycles. The molecule has 3 N–H and O–H groups in total. The molecule has 132 valence electrons.